The Morgan fingerprint density at radius 2 is 1.87 bits per heavy atom. The van der Waals surface area contributed by atoms with Gasteiger partial charge in [-0.2, -0.15) is 0 Å². The van der Waals surface area contributed by atoms with Crippen LogP contribution in [0, 0.1) is 6.92 Å². The van der Waals surface area contributed by atoms with Crippen LogP contribution < -0.4 is 20.3 Å². The van der Waals surface area contributed by atoms with Gasteiger partial charge in [-0.25, -0.2) is 18.1 Å². The lowest BCUT2D eigenvalue weighted by Crippen LogP contribution is -2.21. The van der Waals surface area contributed by atoms with Crippen molar-refractivity contribution < 1.29 is 17.9 Å². The molecule has 1 aromatic heterocycles. The topological polar surface area (TPSA) is 130 Å². The summed E-state index contributed by atoms with van der Waals surface area (Å²) in [5, 5.41) is 2.43. The Morgan fingerprint density at radius 3 is 2.57 bits per heavy atom. The molecule has 0 bridgehead atoms. The van der Waals surface area contributed by atoms with Crippen LogP contribution in [0.2, 0.25) is 0 Å². The van der Waals surface area contributed by atoms with Gasteiger partial charge in [-0.15, -0.1) is 0 Å². The van der Waals surface area contributed by atoms with E-state index in [2.05, 4.69) is 20.0 Å². The van der Waals surface area contributed by atoms with Crippen molar-refractivity contribution in [3.05, 3.63) is 70.0 Å². The summed E-state index contributed by atoms with van der Waals surface area (Å²) >= 11 is 0. The molecule has 30 heavy (non-hydrogen) atoms. The molecule has 0 fully saturated rings. The van der Waals surface area contributed by atoms with Crippen molar-refractivity contribution in [3.63, 3.8) is 0 Å². The van der Waals surface area contributed by atoms with E-state index in [1.165, 1.54) is 44.5 Å². The zero-order chi connectivity index (χ0) is 21.9. The number of amides is 1. The number of nitrogens with zero attached hydrogens (tertiary/aromatic N) is 1. The second kappa shape index (κ2) is 8.37. The van der Waals surface area contributed by atoms with Crippen LogP contribution in [0.3, 0.4) is 0 Å². The molecule has 156 valence electrons. The number of benzene rings is 2. The van der Waals surface area contributed by atoms with E-state index in [1.807, 2.05) is 13.0 Å². The minimum atomic E-state index is -4.11. The summed E-state index contributed by atoms with van der Waals surface area (Å²) in [6, 6.07) is 12.1. The van der Waals surface area contributed by atoms with Gasteiger partial charge in [0.05, 0.1) is 17.7 Å². The number of hydrogen-bond donors (Lipinski definition) is 3. The molecule has 0 spiro atoms. The number of aromatic nitrogens is 2. The van der Waals surface area contributed by atoms with Crippen LogP contribution in [0.1, 0.15) is 15.9 Å². The lowest BCUT2D eigenvalue weighted by Gasteiger charge is -2.13. The van der Waals surface area contributed by atoms with Crippen molar-refractivity contribution in [1.82, 2.24) is 15.3 Å². The molecule has 0 aliphatic carbocycles. The molecule has 1 amide bonds. The number of anilines is 1. The fourth-order valence-electron chi connectivity index (χ4n) is 2.91. The molecule has 0 radical (unpaired) electrons. The summed E-state index contributed by atoms with van der Waals surface area (Å²) in [4.78, 5) is 30.4. The molecule has 3 rings (SSSR count). The van der Waals surface area contributed by atoms with Gasteiger partial charge in [0.25, 0.3) is 21.5 Å². The zero-order valence-electron chi connectivity index (χ0n) is 16.5. The van der Waals surface area contributed by atoms with Crippen molar-refractivity contribution in [1.29, 1.82) is 0 Å². The third-order valence-electron chi connectivity index (χ3n) is 4.32. The number of rotatable bonds is 6. The molecular weight excluding hydrogens is 408 g/mol. The quantitative estimate of drug-likeness (QED) is 0.550. The van der Waals surface area contributed by atoms with Crippen LogP contribution in [0.4, 0.5) is 5.95 Å². The van der Waals surface area contributed by atoms with Crippen LogP contribution in [0.15, 0.2) is 58.2 Å². The van der Waals surface area contributed by atoms with Gasteiger partial charge in [0.1, 0.15) is 5.75 Å². The third kappa shape index (κ3) is 4.33. The standard InChI is InChI=1S/C20H20N4O5S/c1-12-6-4-9-16(29-3)18(12)15-11-17(25)23-20(22-15)24-30(27,28)14-8-5-7-13(10-14)19(26)21-2/h4-11H,1-3H3,(H,21,26)(H2,22,23,24,25). The molecule has 2 aromatic carbocycles. The first kappa shape index (κ1) is 21.1. The van der Waals surface area contributed by atoms with Crippen molar-refractivity contribution in [2.45, 2.75) is 11.8 Å². The van der Waals surface area contributed by atoms with Gasteiger partial charge in [-0.3, -0.25) is 14.6 Å². The van der Waals surface area contributed by atoms with E-state index in [-0.39, 0.29) is 22.1 Å². The molecule has 10 heteroatoms. The Balaban J connectivity index is 2.03. The highest BCUT2D eigenvalue weighted by Gasteiger charge is 2.19. The van der Waals surface area contributed by atoms with Gasteiger partial charge in [-0.05, 0) is 36.8 Å². The summed E-state index contributed by atoms with van der Waals surface area (Å²) < 4.78 is 33.2. The average molecular weight is 428 g/mol. The Bertz CT molecular complexity index is 1270. The molecule has 3 N–H and O–H groups in total. The SMILES string of the molecule is CNC(=O)c1cccc(S(=O)(=O)Nc2nc(-c3c(C)cccc3OC)cc(=O)[nH]2)c1. The second-order valence-corrected chi connectivity index (χ2v) is 8.03. The normalized spacial score (nSPS) is 11.0. The number of sulfonamides is 1. The number of hydrogen-bond acceptors (Lipinski definition) is 6. The monoisotopic (exact) mass is 428 g/mol. The van der Waals surface area contributed by atoms with Gasteiger partial charge < -0.3 is 10.1 Å². The predicted molar refractivity (Wildman–Crippen MR) is 112 cm³/mol. The largest absolute Gasteiger partial charge is 0.496 e. The number of carbonyl (C=O) groups is 1. The van der Waals surface area contributed by atoms with Crippen molar-refractivity contribution in [3.8, 4) is 17.0 Å². The summed E-state index contributed by atoms with van der Waals surface area (Å²) in [6.45, 7) is 1.83. The third-order valence-corrected chi connectivity index (χ3v) is 5.65. The number of ether oxygens (including phenoxy) is 1. The maximum atomic E-state index is 12.8. The smallest absolute Gasteiger partial charge is 0.264 e. The number of nitrogens with one attached hydrogen (secondary N) is 3. The number of aryl methyl sites for hydroxylation is 1. The Hall–Kier alpha value is -3.66. The molecule has 0 unspecified atom stereocenters. The van der Waals surface area contributed by atoms with Crippen LogP contribution in [0.25, 0.3) is 11.3 Å². The highest BCUT2D eigenvalue weighted by molar-refractivity contribution is 7.92. The zero-order valence-corrected chi connectivity index (χ0v) is 17.3. The van der Waals surface area contributed by atoms with Crippen LogP contribution in [-0.2, 0) is 10.0 Å². The van der Waals surface area contributed by atoms with E-state index in [9.17, 15) is 18.0 Å². The van der Waals surface area contributed by atoms with Crippen molar-refractivity contribution >= 4 is 21.9 Å². The molecule has 9 nitrogen and oxygen atoms in total. The van der Waals surface area contributed by atoms with E-state index in [0.29, 0.717) is 11.3 Å². The number of aromatic amines is 1. The van der Waals surface area contributed by atoms with Crippen LogP contribution in [0.5, 0.6) is 5.75 Å². The van der Waals surface area contributed by atoms with Crippen molar-refractivity contribution in [2.75, 3.05) is 18.9 Å². The molecular formula is C20H20N4O5S. The molecule has 0 aliphatic heterocycles. The van der Waals surface area contributed by atoms with Crippen LogP contribution >= 0.6 is 0 Å². The van der Waals surface area contributed by atoms with Gasteiger partial charge in [0.2, 0.25) is 5.95 Å². The highest BCUT2D eigenvalue weighted by Crippen LogP contribution is 2.31. The van der Waals surface area contributed by atoms with Gasteiger partial charge in [0.15, 0.2) is 0 Å². The fraction of sp³-hybridized carbons (Fsp3) is 0.150. The lowest BCUT2D eigenvalue weighted by molar-refractivity contribution is 0.0963. The van der Waals surface area contributed by atoms with Crippen LogP contribution in [-0.4, -0.2) is 38.5 Å². The Labute approximate surface area is 173 Å². The van der Waals surface area contributed by atoms with Crippen molar-refractivity contribution in [2.24, 2.45) is 0 Å². The minimum Gasteiger partial charge on any atom is -0.496 e. The maximum Gasteiger partial charge on any atom is 0.264 e. The number of methoxy groups -OCH3 is 1. The first-order chi connectivity index (χ1) is 14.2. The first-order valence-corrected chi connectivity index (χ1v) is 10.3. The molecule has 0 atom stereocenters. The van der Waals surface area contributed by atoms with E-state index in [0.717, 1.165) is 5.56 Å². The molecule has 0 saturated carbocycles. The Morgan fingerprint density at radius 1 is 1.13 bits per heavy atom. The molecule has 1 heterocycles. The van der Waals surface area contributed by atoms with E-state index in [1.54, 1.807) is 12.1 Å². The maximum absolute atomic E-state index is 12.8. The number of carbonyl (C=O) groups excluding carboxylic acids is 1. The summed E-state index contributed by atoms with van der Waals surface area (Å²) in [5.74, 6) is -0.180. The van der Waals surface area contributed by atoms with E-state index < -0.39 is 21.5 Å². The lowest BCUT2D eigenvalue weighted by atomic mass is 10.0. The first-order valence-electron chi connectivity index (χ1n) is 8.85. The second-order valence-electron chi connectivity index (χ2n) is 6.34. The molecule has 0 aliphatic rings. The predicted octanol–water partition coefficient (Wildman–Crippen LogP) is 1.91. The molecule has 0 saturated heterocycles. The Kier molecular flexibility index (Phi) is 5.88. The highest BCUT2D eigenvalue weighted by atomic mass is 32.2. The van der Waals surface area contributed by atoms with E-state index >= 15 is 0 Å². The summed E-state index contributed by atoms with van der Waals surface area (Å²) in [6.07, 6.45) is 0. The minimum absolute atomic E-state index is 0.148. The average Bonchev–Trinajstić information content (AvgIpc) is 2.72. The summed E-state index contributed by atoms with van der Waals surface area (Å²) in [7, 11) is -1.17. The fourth-order valence-corrected chi connectivity index (χ4v) is 3.92. The van der Waals surface area contributed by atoms with Gasteiger partial charge >= 0.3 is 0 Å². The molecule has 3 aromatic rings. The van der Waals surface area contributed by atoms with Gasteiger partial charge in [-0.1, -0.05) is 18.2 Å². The van der Waals surface area contributed by atoms with E-state index in [4.69, 9.17) is 4.74 Å². The van der Waals surface area contributed by atoms with Gasteiger partial charge in [0, 0.05) is 24.2 Å². The number of H-pyrrole nitrogens is 1. The summed E-state index contributed by atoms with van der Waals surface area (Å²) in [5.41, 5.74) is 1.28.